The van der Waals surface area contributed by atoms with Crippen molar-refractivity contribution >= 4 is 35.3 Å². The number of rotatable bonds is 2. The molecule has 1 aliphatic carbocycles. The Morgan fingerprint density at radius 3 is 2.53 bits per heavy atom. The van der Waals surface area contributed by atoms with Gasteiger partial charge < -0.3 is 5.73 Å². The highest BCUT2D eigenvalue weighted by Crippen LogP contribution is 2.39. The smallest absolute Gasteiger partial charge is 0.0935 e. The second-order valence-corrected chi connectivity index (χ2v) is 5.80. The average Bonchev–Trinajstić information content (AvgIpc) is 2.86. The van der Waals surface area contributed by atoms with E-state index < -0.39 is 0 Å². The first kappa shape index (κ1) is 12.8. The Hall–Kier alpha value is -0.610. The summed E-state index contributed by atoms with van der Waals surface area (Å²) >= 11 is 7.44. The van der Waals surface area contributed by atoms with Crippen LogP contribution in [0.5, 0.6) is 0 Å². The van der Waals surface area contributed by atoms with Gasteiger partial charge in [0.15, 0.2) is 0 Å². The van der Waals surface area contributed by atoms with Crippen LogP contribution in [0.25, 0.3) is 10.6 Å². The molecule has 0 saturated heterocycles. The van der Waals surface area contributed by atoms with Crippen molar-refractivity contribution in [1.82, 2.24) is 4.98 Å². The van der Waals surface area contributed by atoms with Crippen molar-refractivity contribution in [1.29, 1.82) is 0 Å². The van der Waals surface area contributed by atoms with Gasteiger partial charge in [-0.1, -0.05) is 17.7 Å². The van der Waals surface area contributed by atoms with Crippen molar-refractivity contribution in [3.63, 3.8) is 0 Å². The van der Waals surface area contributed by atoms with E-state index in [1.54, 1.807) is 11.3 Å². The van der Waals surface area contributed by atoms with Crippen LogP contribution in [-0.4, -0.2) is 11.0 Å². The summed E-state index contributed by atoms with van der Waals surface area (Å²) in [4.78, 5) is 5.56. The number of thiophene rings is 1. The molecule has 2 nitrogen and oxygen atoms in total. The number of aromatic nitrogens is 1. The number of nitrogens with two attached hydrogens (primary N) is 1. The summed E-state index contributed by atoms with van der Waals surface area (Å²) in [5, 5.41) is 0. The summed E-state index contributed by atoms with van der Waals surface area (Å²) in [6, 6.07) is 8.39. The SMILES string of the molecule is Cl.N[C@H]1C[C@@H]1c1ccc(-c2ccc(Cl)s2)nc1. The van der Waals surface area contributed by atoms with Crippen molar-refractivity contribution in [2.45, 2.75) is 18.4 Å². The molecule has 2 heterocycles. The predicted octanol–water partition coefficient (Wildman–Crippen LogP) is 3.70. The number of halogens is 2. The summed E-state index contributed by atoms with van der Waals surface area (Å²) in [6.07, 6.45) is 3.02. The van der Waals surface area contributed by atoms with Crippen molar-refractivity contribution < 1.29 is 0 Å². The van der Waals surface area contributed by atoms with Gasteiger partial charge in [0, 0.05) is 18.2 Å². The molecule has 1 aliphatic rings. The van der Waals surface area contributed by atoms with Crippen LogP contribution in [0, 0.1) is 0 Å². The normalized spacial score (nSPS) is 22.0. The molecule has 2 aromatic rings. The summed E-state index contributed by atoms with van der Waals surface area (Å²) in [7, 11) is 0. The van der Waals surface area contributed by atoms with Gasteiger partial charge in [-0.05, 0) is 30.2 Å². The molecule has 0 aliphatic heterocycles. The van der Waals surface area contributed by atoms with Crippen molar-refractivity contribution in [3.8, 4) is 10.6 Å². The first-order valence-corrected chi connectivity index (χ1v) is 6.41. The largest absolute Gasteiger partial charge is 0.327 e. The maximum atomic E-state index is 5.90. The summed E-state index contributed by atoms with van der Waals surface area (Å²) in [5.74, 6) is 0.522. The van der Waals surface area contributed by atoms with Crippen LogP contribution in [-0.2, 0) is 0 Å². The van der Waals surface area contributed by atoms with Crippen LogP contribution in [0.2, 0.25) is 4.34 Å². The molecule has 1 saturated carbocycles. The molecule has 2 aromatic heterocycles. The fraction of sp³-hybridized carbons (Fsp3) is 0.250. The van der Waals surface area contributed by atoms with E-state index >= 15 is 0 Å². The molecular weight excluding hydrogens is 275 g/mol. The first-order valence-electron chi connectivity index (χ1n) is 5.21. The second-order valence-electron chi connectivity index (χ2n) is 4.09. The van der Waals surface area contributed by atoms with Gasteiger partial charge in [0.1, 0.15) is 0 Å². The lowest BCUT2D eigenvalue weighted by Crippen LogP contribution is -2.01. The molecule has 0 bridgehead atoms. The standard InChI is InChI=1S/C12H11ClN2S.ClH/c13-12-4-3-11(16-12)10-2-1-7(6-15-10)8-5-9(8)14;/h1-4,6,8-9H,5,14H2;1H/t8-,9+;/m1./s1. The molecule has 0 unspecified atom stereocenters. The minimum absolute atomic E-state index is 0. The van der Waals surface area contributed by atoms with Gasteiger partial charge >= 0.3 is 0 Å². The topological polar surface area (TPSA) is 38.9 Å². The zero-order valence-corrected chi connectivity index (χ0v) is 11.4. The van der Waals surface area contributed by atoms with E-state index in [9.17, 15) is 0 Å². The highest BCUT2D eigenvalue weighted by atomic mass is 35.5. The van der Waals surface area contributed by atoms with E-state index in [0.29, 0.717) is 12.0 Å². The second kappa shape index (κ2) is 4.94. The third-order valence-electron chi connectivity index (χ3n) is 2.88. The van der Waals surface area contributed by atoms with E-state index in [0.717, 1.165) is 21.3 Å². The molecule has 5 heteroatoms. The zero-order valence-electron chi connectivity index (χ0n) is 8.97. The fourth-order valence-electron chi connectivity index (χ4n) is 1.82. The Labute approximate surface area is 115 Å². The van der Waals surface area contributed by atoms with Crippen LogP contribution in [0.15, 0.2) is 30.5 Å². The summed E-state index contributed by atoms with van der Waals surface area (Å²) in [5.41, 5.74) is 8.04. The number of hydrogen-bond acceptors (Lipinski definition) is 3. The summed E-state index contributed by atoms with van der Waals surface area (Å²) in [6.45, 7) is 0. The lowest BCUT2D eigenvalue weighted by Gasteiger charge is -2.00. The maximum Gasteiger partial charge on any atom is 0.0935 e. The van der Waals surface area contributed by atoms with Gasteiger partial charge in [0.25, 0.3) is 0 Å². The maximum absolute atomic E-state index is 5.90. The van der Waals surface area contributed by atoms with E-state index in [1.807, 2.05) is 24.4 Å². The molecule has 1 fully saturated rings. The highest BCUT2D eigenvalue weighted by Gasteiger charge is 2.34. The van der Waals surface area contributed by atoms with Crippen LogP contribution in [0.1, 0.15) is 17.9 Å². The highest BCUT2D eigenvalue weighted by molar-refractivity contribution is 7.19. The van der Waals surface area contributed by atoms with Crippen LogP contribution >= 0.6 is 35.3 Å². The monoisotopic (exact) mass is 286 g/mol. The molecule has 0 spiro atoms. The van der Waals surface area contributed by atoms with E-state index in [4.69, 9.17) is 17.3 Å². The van der Waals surface area contributed by atoms with Crippen LogP contribution in [0.3, 0.4) is 0 Å². The Bertz CT molecular complexity index is 509. The van der Waals surface area contributed by atoms with Gasteiger partial charge in [-0.3, -0.25) is 4.98 Å². The van der Waals surface area contributed by atoms with Gasteiger partial charge in [-0.25, -0.2) is 0 Å². The average molecular weight is 287 g/mol. The number of pyridine rings is 1. The van der Waals surface area contributed by atoms with E-state index in [2.05, 4.69) is 11.1 Å². The Balaban J connectivity index is 0.00000108. The van der Waals surface area contributed by atoms with Crippen molar-refractivity contribution in [3.05, 3.63) is 40.4 Å². The van der Waals surface area contributed by atoms with Gasteiger partial charge in [0.2, 0.25) is 0 Å². The fourth-order valence-corrected chi connectivity index (χ4v) is 2.84. The molecule has 90 valence electrons. The van der Waals surface area contributed by atoms with Gasteiger partial charge in [0.05, 0.1) is 14.9 Å². The molecule has 2 atom stereocenters. The minimum Gasteiger partial charge on any atom is -0.327 e. The van der Waals surface area contributed by atoms with E-state index in [-0.39, 0.29) is 12.4 Å². The zero-order chi connectivity index (χ0) is 11.1. The molecule has 17 heavy (non-hydrogen) atoms. The first-order chi connectivity index (χ1) is 7.74. The van der Waals surface area contributed by atoms with Crippen molar-refractivity contribution in [2.75, 3.05) is 0 Å². The van der Waals surface area contributed by atoms with Crippen molar-refractivity contribution in [2.24, 2.45) is 5.73 Å². The van der Waals surface area contributed by atoms with Gasteiger partial charge in [-0.15, -0.1) is 23.7 Å². The minimum atomic E-state index is 0. The third-order valence-corrected chi connectivity index (χ3v) is 4.13. The lowest BCUT2D eigenvalue weighted by atomic mass is 10.1. The third kappa shape index (κ3) is 2.63. The molecule has 2 N–H and O–H groups in total. The number of nitrogens with zero attached hydrogens (tertiary/aromatic N) is 1. The molecule has 0 amide bonds. The summed E-state index contributed by atoms with van der Waals surface area (Å²) < 4.78 is 0.796. The Morgan fingerprint density at radius 1 is 1.29 bits per heavy atom. The number of hydrogen-bond donors (Lipinski definition) is 1. The van der Waals surface area contributed by atoms with Gasteiger partial charge in [-0.2, -0.15) is 0 Å². The predicted molar refractivity (Wildman–Crippen MR) is 75.1 cm³/mol. The molecular formula is C12H12Cl2N2S. The molecule has 0 radical (unpaired) electrons. The van der Waals surface area contributed by atoms with Crippen LogP contribution < -0.4 is 5.73 Å². The lowest BCUT2D eigenvalue weighted by molar-refractivity contribution is 0.981. The molecule has 0 aromatic carbocycles. The van der Waals surface area contributed by atoms with Crippen LogP contribution in [0.4, 0.5) is 0 Å². The van der Waals surface area contributed by atoms with E-state index in [1.165, 1.54) is 5.56 Å². The Morgan fingerprint density at radius 2 is 2.06 bits per heavy atom. The molecule has 3 rings (SSSR count). The Kier molecular flexibility index (Phi) is 3.73. The quantitative estimate of drug-likeness (QED) is 0.914.